The van der Waals surface area contributed by atoms with Gasteiger partial charge >= 0.3 is 5.97 Å². The van der Waals surface area contributed by atoms with E-state index >= 15 is 0 Å². The molecule has 0 radical (unpaired) electrons. The maximum Gasteiger partial charge on any atom is 0.339 e. The Hall–Kier alpha value is -1.62. The normalized spacial score (nSPS) is 24.7. The molecule has 1 aliphatic rings. The van der Waals surface area contributed by atoms with Gasteiger partial charge in [-0.25, -0.2) is 9.78 Å². The van der Waals surface area contributed by atoms with Crippen LogP contribution in [0.4, 0.5) is 5.82 Å². The number of nitrogens with zero attached hydrogens (tertiary/aromatic N) is 1. The Bertz CT molecular complexity index is 526. The van der Waals surface area contributed by atoms with Crippen molar-refractivity contribution >= 4 is 11.8 Å². The average molecular weight is 264 g/mol. The summed E-state index contributed by atoms with van der Waals surface area (Å²) in [6.45, 7) is 7.53. The van der Waals surface area contributed by atoms with E-state index in [1.165, 1.54) is 0 Å². The summed E-state index contributed by atoms with van der Waals surface area (Å²) < 4.78 is 0. The second kappa shape index (κ2) is 4.49. The van der Waals surface area contributed by atoms with Crippen LogP contribution < -0.4 is 5.32 Å². The van der Waals surface area contributed by atoms with Crippen LogP contribution in [0.15, 0.2) is 6.07 Å². The summed E-state index contributed by atoms with van der Waals surface area (Å²) >= 11 is 0. The summed E-state index contributed by atoms with van der Waals surface area (Å²) in [5.41, 5.74) is 1.42. The number of rotatable bonds is 3. The van der Waals surface area contributed by atoms with Gasteiger partial charge < -0.3 is 15.5 Å². The molecule has 5 nitrogen and oxygen atoms in total. The largest absolute Gasteiger partial charge is 0.478 e. The first-order chi connectivity index (χ1) is 8.73. The second-order valence-electron chi connectivity index (χ2n) is 5.88. The van der Waals surface area contributed by atoms with Crippen LogP contribution in [0.1, 0.15) is 41.9 Å². The van der Waals surface area contributed by atoms with Crippen molar-refractivity contribution in [3.05, 3.63) is 22.9 Å². The minimum Gasteiger partial charge on any atom is -0.478 e. The highest BCUT2D eigenvalue weighted by Gasteiger charge is 2.47. The SMILES string of the molecule is Cc1cc(C)c(C(=O)O)c(NC2CC(O)C2(C)C)n1. The van der Waals surface area contributed by atoms with Gasteiger partial charge in [0, 0.05) is 17.2 Å². The number of carbonyl (C=O) groups is 1. The van der Waals surface area contributed by atoms with Crippen molar-refractivity contribution in [2.45, 2.75) is 46.3 Å². The van der Waals surface area contributed by atoms with Gasteiger partial charge in [0.15, 0.2) is 0 Å². The minimum absolute atomic E-state index is 0.0364. The van der Waals surface area contributed by atoms with Gasteiger partial charge in [0.1, 0.15) is 11.4 Å². The summed E-state index contributed by atoms with van der Waals surface area (Å²) in [5.74, 6) is -0.583. The summed E-state index contributed by atoms with van der Waals surface area (Å²) in [4.78, 5) is 15.6. The fourth-order valence-corrected chi connectivity index (χ4v) is 2.52. The van der Waals surface area contributed by atoms with Crippen LogP contribution in [0.3, 0.4) is 0 Å². The van der Waals surface area contributed by atoms with Crippen molar-refractivity contribution in [1.29, 1.82) is 0 Å². The zero-order chi connectivity index (χ0) is 14.4. The van der Waals surface area contributed by atoms with Gasteiger partial charge in [0.05, 0.1) is 6.10 Å². The predicted octanol–water partition coefficient (Wildman–Crippen LogP) is 1.97. The van der Waals surface area contributed by atoms with Gasteiger partial charge in [-0.2, -0.15) is 0 Å². The Balaban J connectivity index is 2.33. The third-order valence-electron chi connectivity index (χ3n) is 4.09. The summed E-state index contributed by atoms with van der Waals surface area (Å²) in [6.07, 6.45) is 0.255. The monoisotopic (exact) mass is 264 g/mol. The van der Waals surface area contributed by atoms with Crippen LogP contribution in [0.25, 0.3) is 0 Å². The predicted molar refractivity (Wildman–Crippen MR) is 72.5 cm³/mol. The lowest BCUT2D eigenvalue weighted by Crippen LogP contribution is -2.57. The number of pyridine rings is 1. The molecule has 0 amide bonds. The highest BCUT2D eigenvalue weighted by atomic mass is 16.4. The lowest BCUT2D eigenvalue weighted by molar-refractivity contribution is -0.0511. The molecule has 1 heterocycles. The maximum absolute atomic E-state index is 11.3. The Morgan fingerprint density at radius 3 is 2.58 bits per heavy atom. The summed E-state index contributed by atoms with van der Waals surface area (Å²) in [5, 5.41) is 22.2. The van der Waals surface area contributed by atoms with E-state index in [1.54, 1.807) is 13.0 Å². The Morgan fingerprint density at radius 2 is 2.11 bits per heavy atom. The van der Waals surface area contributed by atoms with Gasteiger partial charge in [-0.1, -0.05) is 13.8 Å². The molecule has 1 aromatic heterocycles. The van der Waals surface area contributed by atoms with Crippen molar-refractivity contribution in [2.75, 3.05) is 5.32 Å². The molecule has 0 aliphatic heterocycles. The third-order valence-corrected chi connectivity index (χ3v) is 4.09. The van der Waals surface area contributed by atoms with Gasteiger partial charge in [-0.05, 0) is 31.9 Å². The number of aryl methyl sites for hydroxylation is 2. The maximum atomic E-state index is 11.3. The molecule has 2 rings (SSSR count). The molecule has 104 valence electrons. The van der Waals surface area contributed by atoms with Gasteiger partial charge in [-0.15, -0.1) is 0 Å². The highest BCUT2D eigenvalue weighted by Crippen LogP contribution is 2.42. The number of aromatic nitrogens is 1. The first-order valence-electron chi connectivity index (χ1n) is 6.39. The first-order valence-corrected chi connectivity index (χ1v) is 6.39. The Labute approximate surface area is 112 Å². The molecule has 1 saturated carbocycles. The topological polar surface area (TPSA) is 82.5 Å². The summed E-state index contributed by atoms with van der Waals surface area (Å²) in [7, 11) is 0. The fourth-order valence-electron chi connectivity index (χ4n) is 2.52. The zero-order valence-corrected chi connectivity index (χ0v) is 11.7. The van der Waals surface area contributed by atoms with E-state index in [2.05, 4.69) is 10.3 Å². The number of aromatic carboxylic acids is 1. The van der Waals surface area contributed by atoms with Crippen LogP contribution in [0.2, 0.25) is 0 Å². The number of carboxylic acids is 1. The van der Waals surface area contributed by atoms with Crippen molar-refractivity contribution in [3.8, 4) is 0 Å². The molecule has 5 heteroatoms. The van der Waals surface area contributed by atoms with Gasteiger partial charge in [0.2, 0.25) is 0 Å². The van der Waals surface area contributed by atoms with Crippen LogP contribution in [-0.4, -0.2) is 33.3 Å². The molecule has 0 saturated heterocycles. The van der Waals surface area contributed by atoms with E-state index in [4.69, 9.17) is 0 Å². The lowest BCUT2D eigenvalue weighted by Gasteiger charge is -2.49. The first kappa shape index (κ1) is 13.8. The quantitative estimate of drug-likeness (QED) is 0.777. The number of hydrogen-bond donors (Lipinski definition) is 3. The van der Waals surface area contributed by atoms with Gasteiger partial charge in [0.25, 0.3) is 0 Å². The molecule has 1 aliphatic carbocycles. The highest BCUT2D eigenvalue weighted by molar-refractivity contribution is 5.94. The van der Waals surface area contributed by atoms with Crippen molar-refractivity contribution in [1.82, 2.24) is 4.98 Å². The molecular weight excluding hydrogens is 244 g/mol. The van der Waals surface area contributed by atoms with Crippen LogP contribution >= 0.6 is 0 Å². The molecule has 1 fully saturated rings. The van der Waals surface area contributed by atoms with Crippen molar-refractivity contribution in [2.24, 2.45) is 5.41 Å². The molecule has 1 aromatic rings. The molecule has 19 heavy (non-hydrogen) atoms. The Kier molecular flexibility index (Phi) is 3.26. The molecule has 0 aromatic carbocycles. The van der Waals surface area contributed by atoms with E-state index in [-0.39, 0.29) is 23.1 Å². The molecule has 2 atom stereocenters. The average Bonchev–Trinajstić information content (AvgIpc) is 2.27. The lowest BCUT2D eigenvalue weighted by atomic mass is 9.64. The number of aliphatic hydroxyl groups excluding tert-OH is 1. The van der Waals surface area contributed by atoms with Crippen LogP contribution in [0, 0.1) is 19.3 Å². The van der Waals surface area contributed by atoms with Gasteiger partial charge in [-0.3, -0.25) is 0 Å². The minimum atomic E-state index is -0.981. The van der Waals surface area contributed by atoms with Crippen molar-refractivity contribution < 1.29 is 15.0 Å². The second-order valence-corrected chi connectivity index (χ2v) is 5.88. The number of aliphatic hydroxyl groups is 1. The van der Waals surface area contributed by atoms with E-state index in [1.807, 2.05) is 20.8 Å². The van der Waals surface area contributed by atoms with Crippen LogP contribution in [-0.2, 0) is 0 Å². The van der Waals surface area contributed by atoms with Crippen molar-refractivity contribution in [3.63, 3.8) is 0 Å². The third kappa shape index (κ3) is 2.30. The Morgan fingerprint density at radius 1 is 1.47 bits per heavy atom. The van der Waals surface area contributed by atoms with Crippen LogP contribution in [0.5, 0.6) is 0 Å². The standard InChI is InChI=1S/C14H20N2O3/c1-7-5-8(2)15-12(11(7)13(18)19)16-9-6-10(17)14(9,3)4/h5,9-10,17H,6H2,1-4H3,(H,15,16)(H,18,19). The van der Waals surface area contributed by atoms with E-state index in [9.17, 15) is 15.0 Å². The number of hydrogen-bond acceptors (Lipinski definition) is 4. The smallest absolute Gasteiger partial charge is 0.339 e. The molecular formula is C14H20N2O3. The summed E-state index contributed by atoms with van der Waals surface area (Å²) in [6, 6.07) is 1.80. The molecule has 0 spiro atoms. The van der Waals surface area contributed by atoms with E-state index in [0.717, 1.165) is 5.69 Å². The number of carboxylic acid groups (broad SMARTS) is 1. The fraction of sp³-hybridized carbons (Fsp3) is 0.571. The molecule has 3 N–H and O–H groups in total. The number of anilines is 1. The zero-order valence-electron chi connectivity index (χ0n) is 11.7. The molecule has 0 bridgehead atoms. The van der Waals surface area contributed by atoms with E-state index in [0.29, 0.717) is 17.8 Å². The number of nitrogens with one attached hydrogen (secondary N) is 1. The van der Waals surface area contributed by atoms with E-state index < -0.39 is 5.97 Å². The molecule has 2 unspecified atom stereocenters.